The van der Waals surface area contributed by atoms with Gasteiger partial charge < -0.3 is 15.8 Å². The van der Waals surface area contributed by atoms with Gasteiger partial charge in [0.2, 0.25) is 5.95 Å². The van der Waals surface area contributed by atoms with Gasteiger partial charge in [-0.25, -0.2) is 9.67 Å². The van der Waals surface area contributed by atoms with Crippen molar-refractivity contribution in [1.82, 2.24) is 24.6 Å². The number of nitrogen functional groups attached to an aromatic ring is 1. The zero-order valence-corrected chi connectivity index (χ0v) is 17.9. The molecule has 1 aliphatic heterocycles. The van der Waals surface area contributed by atoms with E-state index in [1.54, 1.807) is 6.20 Å². The third kappa shape index (κ3) is 5.18. The zero-order valence-electron chi connectivity index (χ0n) is 17.9. The van der Waals surface area contributed by atoms with E-state index in [9.17, 15) is 4.79 Å². The Labute approximate surface area is 181 Å². The number of nitrogens with one attached hydrogen (secondary N) is 1. The molecule has 2 aromatic heterocycles. The monoisotopic (exact) mass is 423 g/mol. The van der Waals surface area contributed by atoms with Crippen LogP contribution >= 0.6 is 0 Å². The summed E-state index contributed by atoms with van der Waals surface area (Å²) in [4.78, 5) is 24.0. The summed E-state index contributed by atoms with van der Waals surface area (Å²) in [7, 11) is 0. The first kappa shape index (κ1) is 21.2. The third-order valence-corrected chi connectivity index (χ3v) is 5.41. The largest absolute Gasteiger partial charge is 0.379 e. The summed E-state index contributed by atoms with van der Waals surface area (Å²) >= 11 is 0. The number of rotatable bonds is 8. The van der Waals surface area contributed by atoms with Crippen LogP contribution in [0, 0.1) is 0 Å². The van der Waals surface area contributed by atoms with Crippen molar-refractivity contribution in [3.8, 4) is 0 Å². The van der Waals surface area contributed by atoms with Gasteiger partial charge in [0.25, 0.3) is 5.56 Å². The van der Waals surface area contributed by atoms with Gasteiger partial charge >= 0.3 is 0 Å². The standard InChI is InChI=1S/C22H29N7O2/c1-2-3-8-24-20-19-18(26-22(23)27-20)13-25-29(21(19)30)15-17-6-4-16(5-7-17)14-28-9-11-31-12-10-28/h4-7,13H,2-3,8-12,14-15H2,1H3,(H3,23,24,26,27). The minimum Gasteiger partial charge on any atom is -0.379 e. The molecule has 0 saturated carbocycles. The van der Waals surface area contributed by atoms with Crippen LogP contribution in [0.2, 0.25) is 0 Å². The minimum absolute atomic E-state index is 0.126. The third-order valence-electron chi connectivity index (χ3n) is 5.41. The molecule has 9 heteroatoms. The van der Waals surface area contributed by atoms with Crippen molar-refractivity contribution in [3.05, 3.63) is 51.9 Å². The van der Waals surface area contributed by atoms with E-state index in [2.05, 4.69) is 44.3 Å². The fourth-order valence-electron chi connectivity index (χ4n) is 3.67. The van der Waals surface area contributed by atoms with Crippen molar-refractivity contribution in [3.63, 3.8) is 0 Å². The first-order chi connectivity index (χ1) is 15.1. The van der Waals surface area contributed by atoms with Gasteiger partial charge in [-0.2, -0.15) is 10.1 Å². The second-order valence-corrected chi connectivity index (χ2v) is 7.78. The second-order valence-electron chi connectivity index (χ2n) is 7.78. The molecule has 9 nitrogen and oxygen atoms in total. The average Bonchev–Trinajstić information content (AvgIpc) is 2.77. The van der Waals surface area contributed by atoms with E-state index in [-0.39, 0.29) is 11.5 Å². The van der Waals surface area contributed by atoms with E-state index in [1.807, 2.05) is 12.1 Å². The van der Waals surface area contributed by atoms with Crippen molar-refractivity contribution in [2.24, 2.45) is 0 Å². The molecule has 164 valence electrons. The summed E-state index contributed by atoms with van der Waals surface area (Å²) < 4.78 is 6.85. The van der Waals surface area contributed by atoms with E-state index < -0.39 is 0 Å². The number of nitrogens with two attached hydrogens (primary N) is 1. The SMILES string of the molecule is CCCCNc1nc(N)nc2cnn(Cc3ccc(CN4CCOCC4)cc3)c(=O)c12. The van der Waals surface area contributed by atoms with Crippen LogP contribution in [-0.4, -0.2) is 57.5 Å². The molecule has 1 fully saturated rings. The Balaban J connectivity index is 1.54. The van der Waals surface area contributed by atoms with Gasteiger partial charge in [0.15, 0.2) is 0 Å². The molecule has 1 saturated heterocycles. The van der Waals surface area contributed by atoms with Gasteiger partial charge in [-0.3, -0.25) is 9.69 Å². The second kappa shape index (κ2) is 9.84. The van der Waals surface area contributed by atoms with Gasteiger partial charge in [0.1, 0.15) is 16.7 Å². The molecule has 1 aromatic carbocycles. The summed E-state index contributed by atoms with van der Waals surface area (Å²) in [6, 6.07) is 8.32. The van der Waals surface area contributed by atoms with E-state index in [1.165, 1.54) is 10.2 Å². The molecular formula is C22H29N7O2. The van der Waals surface area contributed by atoms with Gasteiger partial charge in [0, 0.05) is 26.2 Å². The molecule has 1 aliphatic rings. The number of ether oxygens (including phenoxy) is 1. The highest BCUT2D eigenvalue weighted by Crippen LogP contribution is 2.17. The number of morpholine rings is 1. The minimum atomic E-state index is -0.228. The highest BCUT2D eigenvalue weighted by atomic mass is 16.5. The fraction of sp³-hybridized carbons (Fsp3) is 0.455. The molecule has 3 aromatic rings. The maximum Gasteiger partial charge on any atom is 0.280 e. The summed E-state index contributed by atoms with van der Waals surface area (Å²) in [5, 5.41) is 7.95. The van der Waals surface area contributed by atoms with E-state index in [0.29, 0.717) is 29.8 Å². The van der Waals surface area contributed by atoms with E-state index >= 15 is 0 Å². The van der Waals surface area contributed by atoms with Gasteiger partial charge in [0.05, 0.1) is 26.0 Å². The number of fused-ring (bicyclic) bond motifs is 1. The van der Waals surface area contributed by atoms with Crippen LogP contribution in [0.15, 0.2) is 35.3 Å². The van der Waals surface area contributed by atoms with Gasteiger partial charge in [-0.1, -0.05) is 37.6 Å². The molecule has 0 atom stereocenters. The number of nitrogens with zero attached hydrogens (tertiary/aromatic N) is 5. The highest BCUT2D eigenvalue weighted by Gasteiger charge is 2.14. The highest BCUT2D eigenvalue weighted by molar-refractivity contribution is 5.88. The Kier molecular flexibility index (Phi) is 6.73. The Bertz CT molecular complexity index is 1080. The molecule has 4 rings (SSSR count). The van der Waals surface area contributed by atoms with Crippen molar-refractivity contribution in [1.29, 1.82) is 0 Å². The normalized spacial score (nSPS) is 14.7. The van der Waals surface area contributed by atoms with Crippen LogP contribution in [0.1, 0.15) is 30.9 Å². The Morgan fingerprint density at radius 3 is 2.52 bits per heavy atom. The molecule has 0 aliphatic carbocycles. The van der Waals surface area contributed by atoms with Crippen LogP contribution in [0.25, 0.3) is 10.9 Å². The maximum absolute atomic E-state index is 13.1. The van der Waals surface area contributed by atoms with Gasteiger partial charge in [-0.15, -0.1) is 0 Å². The summed E-state index contributed by atoms with van der Waals surface area (Å²) in [5.41, 5.74) is 8.29. The van der Waals surface area contributed by atoms with Gasteiger partial charge in [-0.05, 0) is 17.5 Å². The quantitative estimate of drug-likeness (QED) is 0.528. The molecule has 0 radical (unpaired) electrons. The van der Waals surface area contributed by atoms with Crippen molar-refractivity contribution >= 4 is 22.7 Å². The van der Waals surface area contributed by atoms with Crippen LogP contribution < -0.4 is 16.6 Å². The van der Waals surface area contributed by atoms with Crippen molar-refractivity contribution in [2.75, 3.05) is 43.9 Å². The number of aromatic nitrogens is 4. The topological polar surface area (TPSA) is 111 Å². The molecular weight excluding hydrogens is 394 g/mol. The lowest BCUT2D eigenvalue weighted by Gasteiger charge is -2.26. The Morgan fingerprint density at radius 1 is 1.10 bits per heavy atom. The molecule has 0 unspecified atom stereocenters. The Morgan fingerprint density at radius 2 is 1.81 bits per heavy atom. The average molecular weight is 424 g/mol. The fourth-order valence-corrected chi connectivity index (χ4v) is 3.67. The molecule has 3 N–H and O–H groups in total. The van der Waals surface area contributed by atoms with E-state index in [4.69, 9.17) is 10.5 Å². The van der Waals surface area contributed by atoms with Crippen LogP contribution in [0.4, 0.5) is 11.8 Å². The lowest BCUT2D eigenvalue weighted by atomic mass is 10.1. The summed E-state index contributed by atoms with van der Waals surface area (Å²) in [5.74, 6) is 0.597. The molecule has 0 amide bonds. The smallest absolute Gasteiger partial charge is 0.280 e. The predicted molar refractivity (Wildman–Crippen MR) is 121 cm³/mol. The van der Waals surface area contributed by atoms with Crippen molar-refractivity contribution in [2.45, 2.75) is 32.9 Å². The Hall–Kier alpha value is -3.04. The number of hydrogen-bond acceptors (Lipinski definition) is 8. The maximum atomic E-state index is 13.1. The lowest BCUT2D eigenvalue weighted by molar-refractivity contribution is 0.0342. The first-order valence-electron chi connectivity index (χ1n) is 10.8. The number of benzene rings is 1. The van der Waals surface area contributed by atoms with Crippen LogP contribution in [0.3, 0.4) is 0 Å². The number of anilines is 2. The van der Waals surface area contributed by atoms with Crippen molar-refractivity contribution < 1.29 is 4.74 Å². The number of hydrogen-bond donors (Lipinski definition) is 2. The van der Waals surface area contributed by atoms with E-state index in [0.717, 1.165) is 51.3 Å². The molecule has 0 spiro atoms. The molecule has 3 heterocycles. The van der Waals surface area contributed by atoms with Crippen LogP contribution in [0.5, 0.6) is 0 Å². The van der Waals surface area contributed by atoms with Crippen LogP contribution in [-0.2, 0) is 17.8 Å². The number of unbranched alkanes of at least 4 members (excludes halogenated alkanes) is 1. The zero-order chi connectivity index (χ0) is 21.6. The predicted octanol–water partition coefficient (Wildman–Crippen LogP) is 1.86. The molecule has 0 bridgehead atoms. The lowest BCUT2D eigenvalue weighted by Crippen LogP contribution is -2.35. The first-order valence-corrected chi connectivity index (χ1v) is 10.8. The summed E-state index contributed by atoms with van der Waals surface area (Å²) in [6.07, 6.45) is 3.59. The molecule has 31 heavy (non-hydrogen) atoms. The summed E-state index contributed by atoms with van der Waals surface area (Å²) in [6.45, 7) is 7.61.